The van der Waals surface area contributed by atoms with E-state index in [-0.39, 0.29) is 17.6 Å². The molecular weight excluding hydrogens is 429 g/mol. The third-order valence-corrected chi connectivity index (χ3v) is 6.13. The number of piperidine rings is 1. The summed E-state index contributed by atoms with van der Waals surface area (Å²) in [6.07, 6.45) is 10.8. The molecule has 7 heteroatoms. The summed E-state index contributed by atoms with van der Waals surface area (Å²) in [7, 11) is 0. The van der Waals surface area contributed by atoms with E-state index in [1.165, 1.54) is 18.5 Å². The van der Waals surface area contributed by atoms with Gasteiger partial charge in [-0.25, -0.2) is 14.4 Å². The monoisotopic (exact) mass is 453 g/mol. The molecule has 1 atom stereocenters. The Morgan fingerprint density at radius 3 is 2.59 bits per heavy atom. The number of aromatic nitrogens is 4. The van der Waals surface area contributed by atoms with Gasteiger partial charge in [0.05, 0.1) is 5.56 Å². The maximum absolute atomic E-state index is 13.3. The van der Waals surface area contributed by atoms with Gasteiger partial charge < -0.3 is 4.90 Å². The van der Waals surface area contributed by atoms with Gasteiger partial charge in [-0.3, -0.25) is 14.8 Å². The van der Waals surface area contributed by atoms with Crippen molar-refractivity contribution in [2.45, 2.75) is 25.2 Å². The average molecular weight is 454 g/mol. The fourth-order valence-corrected chi connectivity index (χ4v) is 4.38. The van der Waals surface area contributed by atoms with Gasteiger partial charge in [-0.05, 0) is 48.7 Å². The van der Waals surface area contributed by atoms with Crippen molar-refractivity contribution in [2.24, 2.45) is 0 Å². The zero-order valence-electron chi connectivity index (χ0n) is 18.6. The second kappa shape index (κ2) is 9.87. The summed E-state index contributed by atoms with van der Waals surface area (Å²) in [6, 6.07) is 14.4. The van der Waals surface area contributed by atoms with Crippen LogP contribution in [0.3, 0.4) is 0 Å². The normalized spacial score (nSPS) is 15.8. The third kappa shape index (κ3) is 4.98. The van der Waals surface area contributed by atoms with E-state index in [0.717, 1.165) is 40.9 Å². The van der Waals surface area contributed by atoms with Crippen LogP contribution < -0.4 is 0 Å². The fourth-order valence-electron chi connectivity index (χ4n) is 4.38. The van der Waals surface area contributed by atoms with Gasteiger partial charge in [-0.1, -0.05) is 18.2 Å². The largest absolute Gasteiger partial charge is 0.338 e. The number of carbonyl (C=O) groups is 1. The quantitative estimate of drug-likeness (QED) is 0.439. The zero-order chi connectivity index (χ0) is 23.3. The van der Waals surface area contributed by atoms with E-state index >= 15 is 0 Å². The second-order valence-electron chi connectivity index (χ2n) is 8.54. The molecule has 0 bridgehead atoms. The topological polar surface area (TPSA) is 71.9 Å². The van der Waals surface area contributed by atoms with Crippen molar-refractivity contribution in [1.82, 2.24) is 24.8 Å². The number of likely N-dealkylation sites (tertiary alicyclic amines) is 1. The maximum Gasteiger partial charge on any atom is 0.255 e. The molecule has 1 saturated heterocycles. The van der Waals surface area contributed by atoms with Gasteiger partial charge in [-0.15, -0.1) is 0 Å². The minimum Gasteiger partial charge on any atom is -0.338 e. The van der Waals surface area contributed by atoms with Crippen molar-refractivity contribution < 1.29 is 9.18 Å². The third-order valence-electron chi connectivity index (χ3n) is 6.13. The van der Waals surface area contributed by atoms with E-state index in [1.807, 2.05) is 29.2 Å². The smallest absolute Gasteiger partial charge is 0.255 e. The van der Waals surface area contributed by atoms with Crippen LogP contribution in [-0.2, 0) is 6.42 Å². The van der Waals surface area contributed by atoms with E-state index in [9.17, 15) is 9.18 Å². The van der Waals surface area contributed by atoms with Crippen LogP contribution in [0.4, 0.5) is 4.39 Å². The summed E-state index contributed by atoms with van der Waals surface area (Å²) in [4.78, 5) is 32.4. The van der Waals surface area contributed by atoms with Crippen LogP contribution in [0.2, 0.25) is 0 Å². The molecule has 0 unspecified atom stereocenters. The van der Waals surface area contributed by atoms with Crippen molar-refractivity contribution in [2.75, 3.05) is 13.1 Å². The molecular formula is C27H24FN5O. The number of amides is 1. The lowest BCUT2D eigenvalue weighted by atomic mass is 9.93. The van der Waals surface area contributed by atoms with Crippen molar-refractivity contribution in [3.8, 4) is 11.1 Å². The number of pyridine rings is 2. The molecule has 1 aromatic carbocycles. The first-order chi connectivity index (χ1) is 16.7. The van der Waals surface area contributed by atoms with Crippen molar-refractivity contribution in [1.29, 1.82) is 0 Å². The lowest BCUT2D eigenvalue weighted by Gasteiger charge is -2.32. The molecule has 6 nitrogen and oxygen atoms in total. The minimum absolute atomic E-state index is 0.0293. The van der Waals surface area contributed by atoms with E-state index in [2.05, 4.69) is 15.0 Å². The molecule has 170 valence electrons. The first-order valence-electron chi connectivity index (χ1n) is 11.4. The van der Waals surface area contributed by atoms with E-state index in [4.69, 9.17) is 4.98 Å². The van der Waals surface area contributed by atoms with Crippen LogP contribution in [-0.4, -0.2) is 43.8 Å². The Labute approximate surface area is 197 Å². The van der Waals surface area contributed by atoms with Gasteiger partial charge in [-0.2, -0.15) is 0 Å². The number of hydrogen-bond acceptors (Lipinski definition) is 5. The highest BCUT2D eigenvalue weighted by Crippen LogP contribution is 2.28. The van der Waals surface area contributed by atoms with Crippen LogP contribution in [0.5, 0.6) is 0 Å². The molecule has 0 aliphatic carbocycles. The molecule has 34 heavy (non-hydrogen) atoms. The molecule has 0 saturated carbocycles. The van der Waals surface area contributed by atoms with Crippen LogP contribution in [0, 0.1) is 5.82 Å². The summed E-state index contributed by atoms with van der Waals surface area (Å²) in [5.74, 6) is -0.0989. The predicted molar refractivity (Wildman–Crippen MR) is 127 cm³/mol. The summed E-state index contributed by atoms with van der Waals surface area (Å²) in [5, 5.41) is 0. The predicted octanol–water partition coefficient (Wildman–Crippen LogP) is 4.68. The summed E-state index contributed by atoms with van der Waals surface area (Å²) < 4.78 is 13.2. The highest BCUT2D eigenvalue weighted by atomic mass is 19.1. The van der Waals surface area contributed by atoms with Gasteiger partial charge in [0.15, 0.2) is 0 Å². The molecule has 5 rings (SSSR count). The first-order valence-corrected chi connectivity index (χ1v) is 11.4. The maximum atomic E-state index is 13.3. The van der Waals surface area contributed by atoms with Gasteiger partial charge in [0, 0.05) is 72.7 Å². The molecule has 0 N–H and O–H groups in total. The lowest BCUT2D eigenvalue weighted by Crippen LogP contribution is -2.39. The van der Waals surface area contributed by atoms with Crippen molar-refractivity contribution in [3.05, 3.63) is 108 Å². The highest BCUT2D eigenvalue weighted by Gasteiger charge is 2.27. The number of hydrogen-bond donors (Lipinski definition) is 0. The number of nitrogens with zero attached hydrogens (tertiary/aromatic N) is 5. The van der Waals surface area contributed by atoms with E-state index in [1.54, 1.807) is 36.9 Å². The molecule has 0 spiro atoms. The Morgan fingerprint density at radius 2 is 1.76 bits per heavy atom. The van der Waals surface area contributed by atoms with Crippen LogP contribution >= 0.6 is 0 Å². The highest BCUT2D eigenvalue weighted by molar-refractivity contribution is 5.95. The van der Waals surface area contributed by atoms with Crippen molar-refractivity contribution in [3.63, 3.8) is 0 Å². The standard InChI is InChI=1S/C27H24FN5O/c28-24-8-6-19(7-9-24)11-25-4-1-5-26(32-25)20-3-2-10-33(17-20)27(34)22-12-21(13-29-14-22)23-15-30-18-31-16-23/h1,4-9,12-16,18,20H,2-3,10-11,17H2/t20-/m1/s1. The molecule has 4 aromatic rings. The molecule has 0 radical (unpaired) electrons. The Balaban J connectivity index is 1.30. The van der Waals surface area contributed by atoms with Gasteiger partial charge in [0.25, 0.3) is 5.91 Å². The fraction of sp³-hybridized carbons (Fsp3) is 0.222. The number of halogens is 1. The van der Waals surface area contributed by atoms with Crippen LogP contribution in [0.25, 0.3) is 11.1 Å². The Bertz CT molecular complexity index is 1280. The SMILES string of the molecule is O=C(c1cncc(-c2cncnc2)c1)N1CCC[C@@H](c2cccc(Cc3ccc(F)cc3)n2)C1. The summed E-state index contributed by atoms with van der Waals surface area (Å²) in [5.41, 5.74) is 5.14. The number of carbonyl (C=O) groups excluding carboxylic acids is 1. The number of benzene rings is 1. The lowest BCUT2D eigenvalue weighted by molar-refractivity contribution is 0.0705. The molecule has 1 fully saturated rings. The van der Waals surface area contributed by atoms with E-state index in [0.29, 0.717) is 25.1 Å². The Morgan fingerprint density at radius 1 is 0.971 bits per heavy atom. The minimum atomic E-state index is -0.240. The van der Waals surface area contributed by atoms with Crippen molar-refractivity contribution >= 4 is 5.91 Å². The Hall–Kier alpha value is -4.00. The summed E-state index contributed by atoms with van der Waals surface area (Å²) in [6.45, 7) is 1.33. The van der Waals surface area contributed by atoms with Crippen LogP contribution in [0.1, 0.15) is 46.1 Å². The average Bonchev–Trinajstić information content (AvgIpc) is 2.90. The van der Waals surface area contributed by atoms with E-state index < -0.39 is 0 Å². The molecule has 3 aromatic heterocycles. The summed E-state index contributed by atoms with van der Waals surface area (Å²) >= 11 is 0. The molecule has 1 amide bonds. The second-order valence-corrected chi connectivity index (χ2v) is 8.54. The number of rotatable bonds is 5. The van der Waals surface area contributed by atoms with Gasteiger partial charge in [0.1, 0.15) is 12.1 Å². The molecule has 1 aliphatic rings. The Kier molecular flexibility index (Phi) is 6.33. The molecule has 1 aliphatic heterocycles. The molecule has 4 heterocycles. The zero-order valence-corrected chi connectivity index (χ0v) is 18.6. The van der Waals surface area contributed by atoms with Gasteiger partial charge >= 0.3 is 0 Å². The van der Waals surface area contributed by atoms with Gasteiger partial charge in [0.2, 0.25) is 0 Å². The van der Waals surface area contributed by atoms with Crippen LogP contribution in [0.15, 0.2) is 79.6 Å². The first kappa shape index (κ1) is 21.8.